The Hall–Kier alpha value is -1.86. The van der Waals surface area contributed by atoms with Gasteiger partial charge in [-0.3, -0.25) is 0 Å². The largest absolute Gasteiger partial charge is 0.507 e. The first-order chi connectivity index (χ1) is 9.40. The first-order valence-electron chi connectivity index (χ1n) is 6.13. The Morgan fingerprint density at radius 1 is 1.40 bits per heavy atom. The molecule has 1 fully saturated rings. The highest BCUT2D eigenvalue weighted by atomic mass is 32.2. The van der Waals surface area contributed by atoms with Crippen LogP contribution in [0, 0.1) is 5.92 Å². The highest BCUT2D eigenvalue weighted by molar-refractivity contribution is 7.89. The van der Waals surface area contributed by atoms with Gasteiger partial charge in [0.05, 0.1) is 4.90 Å². The van der Waals surface area contributed by atoms with Crippen LogP contribution in [-0.2, 0) is 10.0 Å². The van der Waals surface area contributed by atoms with E-state index in [4.69, 9.17) is 5.11 Å². The molecule has 0 heterocycles. The summed E-state index contributed by atoms with van der Waals surface area (Å²) in [5.41, 5.74) is -0.443. The number of carbonyl (C=O) groups is 1. The van der Waals surface area contributed by atoms with Crippen molar-refractivity contribution < 1.29 is 23.4 Å². The number of carboxylic acid groups (broad SMARTS) is 1. The summed E-state index contributed by atoms with van der Waals surface area (Å²) in [6, 6.07) is 3.15. The highest BCUT2D eigenvalue weighted by Crippen LogP contribution is 2.29. The van der Waals surface area contributed by atoms with Gasteiger partial charge in [0, 0.05) is 6.54 Å². The Kier molecular flexibility index (Phi) is 4.10. The van der Waals surface area contributed by atoms with Gasteiger partial charge in [-0.15, -0.1) is 0 Å². The Morgan fingerprint density at radius 3 is 2.70 bits per heavy atom. The summed E-state index contributed by atoms with van der Waals surface area (Å²) in [5.74, 6) is -1.29. The molecule has 1 saturated carbocycles. The van der Waals surface area contributed by atoms with E-state index in [2.05, 4.69) is 4.72 Å². The van der Waals surface area contributed by atoms with E-state index in [0.717, 1.165) is 31.0 Å². The van der Waals surface area contributed by atoms with Crippen molar-refractivity contribution in [3.05, 3.63) is 35.9 Å². The van der Waals surface area contributed by atoms with E-state index in [0.29, 0.717) is 5.92 Å². The van der Waals surface area contributed by atoms with Gasteiger partial charge in [-0.1, -0.05) is 12.2 Å². The van der Waals surface area contributed by atoms with Gasteiger partial charge in [-0.05, 0) is 37.0 Å². The summed E-state index contributed by atoms with van der Waals surface area (Å²) >= 11 is 0. The molecule has 0 aliphatic heterocycles. The zero-order valence-corrected chi connectivity index (χ0v) is 11.4. The third kappa shape index (κ3) is 3.58. The van der Waals surface area contributed by atoms with Gasteiger partial charge in [-0.2, -0.15) is 0 Å². The molecular formula is C13H15NO5S. The summed E-state index contributed by atoms with van der Waals surface area (Å²) in [7, 11) is -3.79. The van der Waals surface area contributed by atoms with Crippen molar-refractivity contribution in [2.24, 2.45) is 5.92 Å². The molecule has 1 aromatic rings. The Labute approximate surface area is 116 Å². The van der Waals surface area contributed by atoms with E-state index in [1.165, 1.54) is 0 Å². The number of phenols is 1. The zero-order chi connectivity index (χ0) is 14.8. The molecule has 2 rings (SSSR count). The zero-order valence-electron chi connectivity index (χ0n) is 10.6. The Bertz CT molecular complexity index is 647. The molecule has 0 amide bonds. The number of hydrogen-bond donors (Lipinski definition) is 3. The molecule has 1 aliphatic rings. The summed E-state index contributed by atoms with van der Waals surface area (Å²) < 4.78 is 26.3. The first-order valence-corrected chi connectivity index (χ1v) is 7.61. The van der Waals surface area contributed by atoms with Crippen LogP contribution in [-0.4, -0.2) is 31.1 Å². The van der Waals surface area contributed by atoms with Gasteiger partial charge in [-0.25, -0.2) is 17.9 Å². The van der Waals surface area contributed by atoms with Gasteiger partial charge in [0.2, 0.25) is 10.0 Å². The lowest BCUT2D eigenvalue weighted by molar-refractivity contribution is 0.0693. The van der Waals surface area contributed by atoms with Gasteiger partial charge in [0.25, 0.3) is 0 Å². The molecule has 108 valence electrons. The van der Waals surface area contributed by atoms with Crippen LogP contribution in [0.15, 0.2) is 35.2 Å². The van der Waals surface area contributed by atoms with Crippen LogP contribution in [0.4, 0.5) is 0 Å². The smallest absolute Gasteiger partial charge is 0.339 e. The van der Waals surface area contributed by atoms with E-state index in [-0.39, 0.29) is 11.4 Å². The van der Waals surface area contributed by atoms with Gasteiger partial charge in [0.1, 0.15) is 11.3 Å². The normalized spacial score (nSPS) is 15.6. The SMILES string of the molecule is O=C(O)c1cc(S(=O)(=O)NC/C=C/C2CC2)ccc1O. The quantitative estimate of drug-likeness (QED) is 0.687. The molecule has 0 saturated heterocycles. The van der Waals surface area contributed by atoms with Gasteiger partial charge >= 0.3 is 5.97 Å². The summed E-state index contributed by atoms with van der Waals surface area (Å²) in [6.07, 6.45) is 5.99. The van der Waals surface area contributed by atoms with E-state index >= 15 is 0 Å². The monoisotopic (exact) mass is 297 g/mol. The topological polar surface area (TPSA) is 104 Å². The first kappa shape index (κ1) is 14.5. The van der Waals surface area contributed by atoms with Crippen molar-refractivity contribution >= 4 is 16.0 Å². The van der Waals surface area contributed by atoms with Crippen molar-refractivity contribution in [3.8, 4) is 5.75 Å². The number of aromatic hydroxyl groups is 1. The second-order valence-corrected chi connectivity index (χ2v) is 6.37. The van der Waals surface area contributed by atoms with Crippen molar-refractivity contribution in [1.82, 2.24) is 4.72 Å². The second-order valence-electron chi connectivity index (χ2n) is 4.60. The number of sulfonamides is 1. The number of rotatable bonds is 6. The van der Waals surface area contributed by atoms with Crippen LogP contribution in [0.2, 0.25) is 0 Å². The number of allylic oxidation sites excluding steroid dienone is 1. The average Bonchev–Trinajstić information content (AvgIpc) is 3.18. The molecule has 6 nitrogen and oxygen atoms in total. The Balaban J connectivity index is 2.11. The molecule has 0 bridgehead atoms. The van der Waals surface area contributed by atoms with Gasteiger partial charge in [0.15, 0.2) is 0 Å². The number of aromatic carboxylic acids is 1. The van der Waals surface area contributed by atoms with Crippen molar-refractivity contribution in [2.75, 3.05) is 6.54 Å². The maximum atomic E-state index is 12.0. The minimum absolute atomic E-state index is 0.155. The van der Waals surface area contributed by atoms with Crippen LogP contribution < -0.4 is 4.72 Å². The fourth-order valence-electron chi connectivity index (χ4n) is 1.64. The van der Waals surface area contributed by atoms with Crippen LogP contribution in [0.25, 0.3) is 0 Å². The number of carboxylic acids is 1. The number of hydrogen-bond acceptors (Lipinski definition) is 4. The third-order valence-electron chi connectivity index (χ3n) is 2.93. The molecule has 3 N–H and O–H groups in total. The fourth-order valence-corrected chi connectivity index (χ4v) is 2.65. The summed E-state index contributed by atoms with van der Waals surface area (Å²) in [4.78, 5) is 10.7. The molecule has 7 heteroatoms. The third-order valence-corrected chi connectivity index (χ3v) is 4.35. The van der Waals surface area contributed by atoms with Crippen molar-refractivity contribution in [3.63, 3.8) is 0 Å². The van der Waals surface area contributed by atoms with Crippen LogP contribution in [0.3, 0.4) is 0 Å². The summed E-state index contributed by atoms with van der Waals surface area (Å²) in [6.45, 7) is 0.155. The molecule has 0 atom stereocenters. The highest BCUT2D eigenvalue weighted by Gasteiger charge is 2.19. The molecule has 20 heavy (non-hydrogen) atoms. The standard InChI is InChI=1S/C13H15NO5S/c15-12-6-5-10(8-11(12)13(16)17)20(18,19)14-7-1-2-9-3-4-9/h1-2,5-6,8-9,14-15H,3-4,7H2,(H,16,17)/b2-1+. The van der Waals surface area contributed by atoms with E-state index in [1.54, 1.807) is 6.08 Å². The molecule has 1 aromatic carbocycles. The molecule has 1 aliphatic carbocycles. The molecular weight excluding hydrogens is 282 g/mol. The lowest BCUT2D eigenvalue weighted by Gasteiger charge is -2.06. The average molecular weight is 297 g/mol. The lowest BCUT2D eigenvalue weighted by atomic mass is 10.2. The summed E-state index contributed by atoms with van der Waals surface area (Å²) in [5, 5.41) is 18.2. The van der Waals surface area contributed by atoms with Gasteiger partial charge < -0.3 is 10.2 Å². The second kappa shape index (κ2) is 5.64. The maximum Gasteiger partial charge on any atom is 0.339 e. The molecule has 0 unspecified atom stereocenters. The predicted octanol–water partition coefficient (Wildman–Crippen LogP) is 1.33. The Morgan fingerprint density at radius 2 is 2.10 bits per heavy atom. The molecule has 0 radical (unpaired) electrons. The number of nitrogens with one attached hydrogen (secondary N) is 1. The van der Waals surface area contributed by atoms with E-state index in [1.807, 2.05) is 6.08 Å². The molecule has 0 aromatic heterocycles. The number of benzene rings is 1. The minimum atomic E-state index is -3.79. The van der Waals surface area contributed by atoms with E-state index < -0.39 is 27.3 Å². The lowest BCUT2D eigenvalue weighted by Crippen LogP contribution is -2.24. The van der Waals surface area contributed by atoms with Crippen LogP contribution in [0.1, 0.15) is 23.2 Å². The fraction of sp³-hybridized carbons (Fsp3) is 0.308. The van der Waals surface area contributed by atoms with Crippen LogP contribution >= 0.6 is 0 Å². The minimum Gasteiger partial charge on any atom is -0.507 e. The van der Waals surface area contributed by atoms with E-state index in [9.17, 15) is 18.3 Å². The van der Waals surface area contributed by atoms with Crippen molar-refractivity contribution in [1.29, 1.82) is 0 Å². The van der Waals surface area contributed by atoms with Crippen molar-refractivity contribution in [2.45, 2.75) is 17.7 Å². The van der Waals surface area contributed by atoms with Crippen LogP contribution in [0.5, 0.6) is 5.75 Å². The molecule has 0 spiro atoms. The maximum absolute atomic E-state index is 12.0. The predicted molar refractivity (Wildman–Crippen MR) is 72.1 cm³/mol.